The van der Waals surface area contributed by atoms with Crippen LogP contribution in [0.4, 0.5) is 21.9 Å². The zero-order valence-electron chi connectivity index (χ0n) is 45.2. The van der Waals surface area contributed by atoms with Crippen molar-refractivity contribution in [1.29, 1.82) is 0 Å². The second-order valence-corrected chi connectivity index (χ2v) is 19.1. The molecule has 0 fully saturated rings. The number of aliphatic hydroxyl groups excluding tert-OH is 2. The van der Waals surface area contributed by atoms with Gasteiger partial charge in [0.05, 0.1) is 89.4 Å². The molecule has 420 valence electrons. The molecular weight excluding hydrogens is 999 g/mol. The number of aliphatic hydroxyl groups is 2. The molecule has 22 heteroatoms. The maximum atomic E-state index is 14.1. The maximum Gasteiger partial charge on any atom is 0.411 e. The van der Waals surface area contributed by atoms with Crippen LogP contribution in [0.2, 0.25) is 0 Å². The molecule has 4 unspecified atom stereocenters. The molecule has 2 aliphatic rings. The summed E-state index contributed by atoms with van der Waals surface area (Å²) >= 11 is 0. The van der Waals surface area contributed by atoms with Gasteiger partial charge in [0.25, 0.3) is 11.8 Å². The lowest BCUT2D eigenvalue weighted by atomic mass is 10.0. The van der Waals surface area contributed by atoms with Gasteiger partial charge in [0.15, 0.2) is 23.0 Å². The number of rotatable bonds is 29. The summed E-state index contributed by atoms with van der Waals surface area (Å²) in [5.74, 6) is -1.30. The summed E-state index contributed by atoms with van der Waals surface area (Å²) < 4.78 is 39.2. The minimum atomic E-state index is -0.954. The Labute approximate surface area is 449 Å². The first-order valence-electron chi connectivity index (χ1n) is 25.6. The van der Waals surface area contributed by atoms with E-state index in [2.05, 4.69) is 21.3 Å². The Balaban J connectivity index is 1.15. The van der Waals surface area contributed by atoms with Crippen molar-refractivity contribution in [3.8, 4) is 23.0 Å². The van der Waals surface area contributed by atoms with E-state index < -0.39 is 41.9 Å². The minimum Gasteiger partial charge on any atom is -0.493 e. The van der Waals surface area contributed by atoms with Crippen molar-refractivity contribution in [2.45, 2.75) is 104 Å². The Morgan fingerprint density at radius 1 is 0.675 bits per heavy atom. The Morgan fingerprint density at radius 2 is 1.25 bits per heavy atom. The molecule has 22 nitrogen and oxygen atoms in total. The van der Waals surface area contributed by atoms with Gasteiger partial charge < -0.3 is 74.9 Å². The molecule has 0 bridgehead atoms. The number of hydrogen-bond acceptors (Lipinski definition) is 16. The molecular formula is C55H75N7O15. The van der Waals surface area contributed by atoms with Crippen molar-refractivity contribution in [2.24, 2.45) is 5.92 Å². The van der Waals surface area contributed by atoms with Crippen LogP contribution in [0, 0.1) is 5.92 Å². The number of carbonyl (C=O) groups is 6. The summed E-state index contributed by atoms with van der Waals surface area (Å²) in [6, 6.07) is 9.83. The molecule has 0 aromatic heterocycles. The van der Waals surface area contributed by atoms with E-state index in [1.54, 1.807) is 63.7 Å². The third-order valence-electron chi connectivity index (χ3n) is 12.7. The molecule has 3 aromatic rings. The summed E-state index contributed by atoms with van der Waals surface area (Å²) in [5, 5.41) is 30.7. The SMILES string of the molecule is COCCOCCC(=O)NC(C(=O)NC(C)C(=O)Nc1ccc(COC(=O)Nc2cc(OCCCCCOc3cc(N)c(C(=O)N4C=C(C)CC4CO)cc3OC)c(OC)cc2C(=O)N2C=C(C)CC2CO)cc1)C(C)C. The van der Waals surface area contributed by atoms with Crippen LogP contribution >= 0.6 is 0 Å². The first-order valence-corrected chi connectivity index (χ1v) is 25.6. The first-order chi connectivity index (χ1) is 36.9. The fourth-order valence-electron chi connectivity index (χ4n) is 8.44. The lowest BCUT2D eigenvalue weighted by Gasteiger charge is -2.24. The van der Waals surface area contributed by atoms with E-state index in [4.69, 9.17) is 38.9 Å². The van der Waals surface area contributed by atoms with Gasteiger partial charge in [-0.2, -0.15) is 0 Å². The molecule has 4 atom stereocenters. The monoisotopic (exact) mass is 1070 g/mol. The number of methoxy groups -OCH3 is 3. The topological polar surface area (TPSA) is 288 Å². The fourth-order valence-corrected chi connectivity index (χ4v) is 8.44. The van der Waals surface area contributed by atoms with Crippen LogP contribution < -0.4 is 45.9 Å². The number of nitrogens with two attached hydrogens (primary N) is 1. The third-order valence-corrected chi connectivity index (χ3v) is 12.7. The molecule has 0 saturated heterocycles. The zero-order chi connectivity index (χ0) is 56.2. The van der Waals surface area contributed by atoms with E-state index in [0.717, 1.165) is 11.1 Å². The van der Waals surface area contributed by atoms with Gasteiger partial charge in [-0.15, -0.1) is 0 Å². The zero-order valence-corrected chi connectivity index (χ0v) is 45.2. The van der Waals surface area contributed by atoms with E-state index >= 15 is 0 Å². The van der Waals surface area contributed by atoms with Crippen molar-refractivity contribution in [3.05, 3.63) is 88.8 Å². The number of hydrogen-bond donors (Lipinski definition) is 7. The number of nitrogens with zero attached hydrogens (tertiary/aromatic N) is 2. The maximum absolute atomic E-state index is 14.1. The highest BCUT2D eigenvalue weighted by atomic mass is 16.5. The molecule has 2 aliphatic heterocycles. The molecule has 0 aliphatic carbocycles. The number of nitrogens with one attached hydrogen (secondary N) is 4. The van der Waals surface area contributed by atoms with Gasteiger partial charge in [0.1, 0.15) is 18.7 Å². The Bertz CT molecular complexity index is 2590. The van der Waals surface area contributed by atoms with Crippen LogP contribution in [0.5, 0.6) is 23.0 Å². The standard InChI is InChI=1S/C55H75N7O15/c1-33(2)50(60-49(65)16-19-74-21-20-71-6)52(67)57-36(5)51(66)58-38-14-12-37(13-15-38)32-77-55(70)59-44-27-48(46(73-8)25-42(44)54(69)62-29-35(4)23-40(62)31-64)76-18-11-9-10-17-75-47-26-43(56)41(24-45(47)72-7)53(68)61-28-34(3)22-39(61)30-63/h12-15,24-29,33,36,39-40,50,63-64H,9-11,16-23,30-32,56H2,1-8H3,(H,57,67)(H,58,66)(H,59,70)(H,60,65). The lowest BCUT2D eigenvalue weighted by molar-refractivity contribution is -0.132. The van der Waals surface area contributed by atoms with Gasteiger partial charge in [-0.05, 0) is 88.6 Å². The molecule has 2 heterocycles. The molecule has 8 N–H and O–H groups in total. The number of ether oxygens (including phenoxy) is 7. The lowest BCUT2D eigenvalue weighted by Crippen LogP contribution is -2.53. The van der Waals surface area contributed by atoms with Crippen LogP contribution in [0.15, 0.2) is 72.1 Å². The van der Waals surface area contributed by atoms with Gasteiger partial charge in [-0.3, -0.25) is 29.3 Å². The predicted octanol–water partition coefficient (Wildman–Crippen LogP) is 5.52. The molecule has 0 saturated carbocycles. The summed E-state index contributed by atoms with van der Waals surface area (Å²) in [6.07, 6.45) is 5.47. The Morgan fingerprint density at radius 3 is 1.81 bits per heavy atom. The summed E-state index contributed by atoms with van der Waals surface area (Å²) in [6.45, 7) is 9.63. The number of nitrogen functional groups attached to an aromatic ring is 1. The highest BCUT2D eigenvalue weighted by Crippen LogP contribution is 2.37. The highest BCUT2D eigenvalue weighted by Gasteiger charge is 2.33. The van der Waals surface area contributed by atoms with Crippen LogP contribution in [0.1, 0.15) is 99.4 Å². The third kappa shape index (κ3) is 17.3. The predicted molar refractivity (Wildman–Crippen MR) is 287 cm³/mol. The number of carbonyl (C=O) groups excluding carboxylic acids is 6. The van der Waals surface area contributed by atoms with E-state index in [9.17, 15) is 39.0 Å². The van der Waals surface area contributed by atoms with E-state index in [1.807, 2.05) is 13.8 Å². The van der Waals surface area contributed by atoms with E-state index in [1.165, 1.54) is 49.1 Å². The summed E-state index contributed by atoms with van der Waals surface area (Å²) in [7, 11) is 4.45. The van der Waals surface area contributed by atoms with Crippen molar-refractivity contribution in [1.82, 2.24) is 20.4 Å². The normalized spacial score (nSPS) is 15.7. The van der Waals surface area contributed by atoms with Crippen LogP contribution in [-0.4, -0.2) is 147 Å². The summed E-state index contributed by atoms with van der Waals surface area (Å²) in [4.78, 5) is 82.5. The van der Waals surface area contributed by atoms with Crippen LogP contribution in [0.3, 0.4) is 0 Å². The van der Waals surface area contributed by atoms with Gasteiger partial charge >= 0.3 is 6.09 Å². The average Bonchev–Trinajstić information content (AvgIpc) is 4.01. The highest BCUT2D eigenvalue weighted by molar-refractivity contribution is 6.04. The van der Waals surface area contributed by atoms with Crippen molar-refractivity contribution in [2.75, 3.05) is 83.9 Å². The Hall–Kier alpha value is -7.40. The quantitative estimate of drug-likeness (QED) is 0.0333. The van der Waals surface area contributed by atoms with Crippen molar-refractivity contribution >= 4 is 52.7 Å². The average molecular weight is 1070 g/mol. The van der Waals surface area contributed by atoms with Crippen LogP contribution in [-0.2, 0) is 35.2 Å². The Kier molecular flexibility index (Phi) is 23.4. The number of benzene rings is 3. The molecule has 0 spiro atoms. The second-order valence-electron chi connectivity index (χ2n) is 19.1. The molecule has 5 rings (SSSR count). The van der Waals surface area contributed by atoms with Crippen molar-refractivity contribution < 1.29 is 72.1 Å². The first kappa shape index (κ1) is 60.5. The second kappa shape index (κ2) is 29.8. The number of anilines is 3. The van der Waals surface area contributed by atoms with E-state index in [0.29, 0.717) is 74.7 Å². The largest absolute Gasteiger partial charge is 0.493 e. The molecule has 3 aromatic carbocycles. The molecule has 0 radical (unpaired) electrons. The van der Waals surface area contributed by atoms with Gasteiger partial charge in [0, 0.05) is 49.4 Å². The minimum absolute atomic E-state index is 0.0554. The number of amides is 6. The van der Waals surface area contributed by atoms with Gasteiger partial charge in [-0.1, -0.05) is 37.1 Å². The van der Waals surface area contributed by atoms with E-state index in [-0.39, 0.29) is 97.2 Å². The summed E-state index contributed by atoms with van der Waals surface area (Å²) in [5.41, 5.74) is 9.74. The van der Waals surface area contributed by atoms with Gasteiger partial charge in [-0.25, -0.2) is 4.79 Å². The van der Waals surface area contributed by atoms with Gasteiger partial charge in [0.2, 0.25) is 17.7 Å². The molecule has 6 amide bonds. The van der Waals surface area contributed by atoms with Crippen molar-refractivity contribution in [3.63, 3.8) is 0 Å². The fraction of sp³-hybridized carbons (Fsp3) is 0.491. The molecule has 77 heavy (non-hydrogen) atoms. The smallest absolute Gasteiger partial charge is 0.411 e. The van der Waals surface area contributed by atoms with Crippen LogP contribution in [0.25, 0.3) is 0 Å². The number of unbranched alkanes of at least 4 members (excludes halogenated alkanes) is 2.